The summed E-state index contributed by atoms with van der Waals surface area (Å²) in [6, 6.07) is 19.1. The quantitative estimate of drug-likeness (QED) is 0.166. The van der Waals surface area contributed by atoms with E-state index in [4.69, 9.17) is 14.2 Å². The summed E-state index contributed by atoms with van der Waals surface area (Å²) in [5.74, 6) is 0.899. The minimum Gasteiger partial charge on any atom is -0.493 e. The van der Waals surface area contributed by atoms with Gasteiger partial charge in [-0.1, -0.05) is 28.1 Å². The third-order valence-electron chi connectivity index (χ3n) is 4.54. The highest BCUT2D eigenvalue weighted by Crippen LogP contribution is 2.38. The summed E-state index contributed by atoms with van der Waals surface area (Å²) in [6.45, 7) is 0.402. The van der Waals surface area contributed by atoms with Crippen LogP contribution in [0.3, 0.4) is 0 Å². The zero-order valence-electron chi connectivity index (χ0n) is 16.8. The monoisotopic (exact) mass is 667 g/mol. The molecule has 1 aliphatic heterocycles. The molecule has 32 heavy (non-hydrogen) atoms. The van der Waals surface area contributed by atoms with E-state index in [0.717, 1.165) is 24.7 Å². The molecule has 1 aliphatic rings. The van der Waals surface area contributed by atoms with E-state index in [1.165, 1.54) is 0 Å². The molecule has 0 bridgehead atoms. The van der Waals surface area contributed by atoms with Crippen molar-refractivity contribution in [3.63, 3.8) is 0 Å². The van der Waals surface area contributed by atoms with E-state index in [1.807, 2.05) is 48.5 Å². The molecular weight excluding hydrogens is 653 g/mol. The Balaban J connectivity index is 1.59. The molecule has 0 fully saturated rings. The van der Waals surface area contributed by atoms with Crippen molar-refractivity contribution in [2.24, 2.45) is 4.99 Å². The predicted molar refractivity (Wildman–Crippen MR) is 139 cm³/mol. The number of cyclic esters (lactones) is 1. The molecule has 3 aromatic carbocycles. The van der Waals surface area contributed by atoms with Crippen LogP contribution in [0.15, 0.2) is 80.3 Å². The molecule has 162 valence electrons. The number of carbonyl (C=O) groups excluding carboxylic acids is 1. The van der Waals surface area contributed by atoms with Crippen LogP contribution in [-0.4, -0.2) is 19.0 Å². The van der Waals surface area contributed by atoms with Crippen LogP contribution < -0.4 is 9.47 Å². The van der Waals surface area contributed by atoms with Gasteiger partial charge < -0.3 is 14.2 Å². The van der Waals surface area contributed by atoms with E-state index in [2.05, 4.69) is 65.5 Å². The number of carbonyl (C=O) groups is 1. The summed E-state index contributed by atoms with van der Waals surface area (Å²) in [4.78, 5) is 16.7. The number of esters is 1. The third kappa shape index (κ3) is 5.41. The average molecular weight is 669 g/mol. The topological polar surface area (TPSA) is 57.1 Å². The molecule has 3 aromatic rings. The van der Waals surface area contributed by atoms with Gasteiger partial charge in [-0.25, -0.2) is 9.79 Å². The fourth-order valence-corrected chi connectivity index (χ4v) is 4.47. The van der Waals surface area contributed by atoms with E-state index in [0.29, 0.717) is 22.6 Å². The summed E-state index contributed by atoms with van der Waals surface area (Å²) < 4.78 is 19.7. The molecular formula is C24H16Br2INO4. The van der Waals surface area contributed by atoms with Gasteiger partial charge in [-0.05, 0) is 104 Å². The van der Waals surface area contributed by atoms with Gasteiger partial charge in [0.25, 0.3) is 0 Å². The number of rotatable bonds is 6. The number of benzene rings is 3. The minimum absolute atomic E-state index is 0.212. The second-order valence-corrected chi connectivity index (χ2v) is 9.81. The lowest BCUT2D eigenvalue weighted by Gasteiger charge is -2.14. The zero-order valence-corrected chi connectivity index (χ0v) is 22.1. The Morgan fingerprint density at radius 1 is 1.09 bits per heavy atom. The lowest BCUT2D eigenvalue weighted by molar-refractivity contribution is -0.129. The molecule has 0 atom stereocenters. The van der Waals surface area contributed by atoms with Gasteiger partial charge in [-0.15, -0.1) is 0 Å². The SMILES string of the molecule is COc1cc(/C=C2\N=C(c3ccc(Br)cc3)OC2=O)cc(Br)c1OCc1cccc(I)c1. The Bertz CT molecular complexity index is 1240. The van der Waals surface area contributed by atoms with Crippen molar-refractivity contribution in [2.75, 3.05) is 7.11 Å². The maximum atomic E-state index is 12.3. The molecule has 0 amide bonds. The molecule has 0 unspecified atom stereocenters. The van der Waals surface area contributed by atoms with Crippen LogP contribution in [0.5, 0.6) is 11.5 Å². The predicted octanol–water partition coefficient (Wildman–Crippen LogP) is 6.75. The van der Waals surface area contributed by atoms with Crippen molar-refractivity contribution in [3.05, 3.63) is 95.6 Å². The molecule has 0 aliphatic carbocycles. The molecule has 0 radical (unpaired) electrons. The van der Waals surface area contributed by atoms with E-state index >= 15 is 0 Å². The Morgan fingerprint density at radius 2 is 1.88 bits per heavy atom. The van der Waals surface area contributed by atoms with Gasteiger partial charge in [0.1, 0.15) is 6.61 Å². The summed E-state index contributed by atoms with van der Waals surface area (Å²) in [5, 5.41) is 0. The van der Waals surface area contributed by atoms with Gasteiger partial charge in [-0.3, -0.25) is 0 Å². The smallest absolute Gasteiger partial charge is 0.363 e. The number of hydrogen-bond donors (Lipinski definition) is 0. The van der Waals surface area contributed by atoms with Crippen LogP contribution in [0.4, 0.5) is 0 Å². The van der Waals surface area contributed by atoms with Crippen LogP contribution in [-0.2, 0) is 16.1 Å². The fourth-order valence-electron chi connectivity index (χ4n) is 3.03. The second kappa shape index (κ2) is 10.2. The van der Waals surface area contributed by atoms with E-state index in [9.17, 15) is 4.79 Å². The highest BCUT2D eigenvalue weighted by molar-refractivity contribution is 14.1. The van der Waals surface area contributed by atoms with E-state index in [1.54, 1.807) is 19.3 Å². The van der Waals surface area contributed by atoms with Gasteiger partial charge in [0.05, 0.1) is 11.6 Å². The van der Waals surface area contributed by atoms with Gasteiger partial charge >= 0.3 is 5.97 Å². The first-order valence-corrected chi connectivity index (χ1v) is 12.1. The maximum absolute atomic E-state index is 12.3. The highest BCUT2D eigenvalue weighted by atomic mass is 127. The van der Waals surface area contributed by atoms with Gasteiger partial charge in [-0.2, -0.15) is 0 Å². The first-order chi connectivity index (χ1) is 15.4. The van der Waals surface area contributed by atoms with Crippen molar-refractivity contribution < 1.29 is 19.0 Å². The molecule has 1 heterocycles. The Hall–Kier alpha value is -2.17. The summed E-state index contributed by atoms with van der Waals surface area (Å²) in [7, 11) is 1.57. The third-order valence-corrected chi connectivity index (χ3v) is 6.33. The molecule has 0 saturated carbocycles. The molecule has 4 rings (SSSR count). The van der Waals surface area contributed by atoms with Crippen LogP contribution in [0.2, 0.25) is 0 Å². The second-order valence-electron chi connectivity index (χ2n) is 6.80. The Kier molecular flexibility index (Phi) is 7.32. The van der Waals surface area contributed by atoms with Crippen molar-refractivity contribution in [2.45, 2.75) is 6.61 Å². The molecule has 5 nitrogen and oxygen atoms in total. The fraction of sp³-hybridized carbons (Fsp3) is 0.0833. The van der Waals surface area contributed by atoms with E-state index < -0.39 is 5.97 Å². The Morgan fingerprint density at radius 3 is 2.59 bits per heavy atom. The molecule has 0 spiro atoms. The molecule has 0 saturated heterocycles. The lowest BCUT2D eigenvalue weighted by atomic mass is 10.1. The standard InChI is InChI=1S/C24H16Br2INO4/c1-30-21-12-15(10-19(26)22(21)31-13-14-3-2-4-18(27)9-14)11-20-24(29)32-23(28-20)16-5-7-17(25)8-6-16/h2-12H,13H2,1H3/b20-11-. The number of ether oxygens (including phenoxy) is 3. The number of methoxy groups -OCH3 is 1. The highest BCUT2D eigenvalue weighted by Gasteiger charge is 2.24. The largest absolute Gasteiger partial charge is 0.493 e. The normalized spacial score (nSPS) is 14.3. The number of halogens is 3. The molecule has 0 aromatic heterocycles. The molecule has 0 N–H and O–H groups in total. The van der Waals surface area contributed by atoms with Crippen molar-refractivity contribution in [3.8, 4) is 11.5 Å². The van der Waals surface area contributed by atoms with Gasteiger partial charge in [0.15, 0.2) is 17.2 Å². The average Bonchev–Trinajstić information content (AvgIpc) is 3.13. The number of hydrogen-bond acceptors (Lipinski definition) is 5. The van der Waals surface area contributed by atoms with Gasteiger partial charge in [0, 0.05) is 13.6 Å². The van der Waals surface area contributed by atoms with Crippen LogP contribution >= 0.6 is 54.5 Å². The van der Waals surface area contributed by atoms with Crippen LogP contribution in [0, 0.1) is 3.57 Å². The summed E-state index contributed by atoms with van der Waals surface area (Å²) in [6.07, 6.45) is 1.66. The first-order valence-electron chi connectivity index (χ1n) is 9.46. The molecule has 8 heteroatoms. The number of aliphatic imine (C=N–C) groups is 1. The number of nitrogens with zero attached hydrogens (tertiary/aromatic N) is 1. The van der Waals surface area contributed by atoms with Crippen LogP contribution in [0.1, 0.15) is 16.7 Å². The summed E-state index contributed by atoms with van der Waals surface area (Å²) >= 11 is 9.21. The van der Waals surface area contributed by atoms with Crippen molar-refractivity contribution in [1.29, 1.82) is 0 Å². The van der Waals surface area contributed by atoms with Crippen molar-refractivity contribution in [1.82, 2.24) is 0 Å². The van der Waals surface area contributed by atoms with E-state index in [-0.39, 0.29) is 11.6 Å². The minimum atomic E-state index is -0.503. The zero-order chi connectivity index (χ0) is 22.7. The van der Waals surface area contributed by atoms with Crippen LogP contribution in [0.25, 0.3) is 6.08 Å². The maximum Gasteiger partial charge on any atom is 0.363 e. The lowest BCUT2D eigenvalue weighted by Crippen LogP contribution is -2.05. The summed E-state index contributed by atoms with van der Waals surface area (Å²) in [5.41, 5.74) is 2.72. The Labute approximate surface area is 215 Å². The van der Waals surface area contributed by atoms with Crippen molar-refractivity contribution >= 4 is 72.4 Å². The van der Waals surface area contributed by atoms with Gasteiger partial charge in [0.2, 0.25) is 5.90 Å². The first kappa shape index (κ1) is 23.0.